The SMILES string of the molecule is COC(=O)c1ccccc1NC(=O)C(C)(C)C(=O)Nc1cc(C)on1. The number of carbonyl (C=O) groups is 3. The minimum atomic E-state index is -1.42. The van der Waals surface area contributed by atoms with Crippen molar-refractivity contribution < 1.29 is 23.6 Å². The Morgan fingerprint density at radius 2 is 1.76 bits per heavy atom. The summed E-state index contributed by atoms with van der Waals surface area (Å²) in [5.74, 6) is -0.977. The van der Waals surface area contributed by atoms with Crippen LogP contribution in [0.1, 0.15) is 30.0 Å². The standard InChI is InChI=1S/C17H19N3O5/c1-10-9-13(20-25-10)19-16(23)17(2,3)15(22)18-12-8-6-5-7-11(12)14(21)24-4/h5-9H,1-4H3,(H,18,22)(H,19,20,23). The summed E-state index contributed by atoms with van der Waals surface area (Å²) in [6.07, 6.45) is 0. The molecule has 1 heterocycles. The molecule has 2 aromatic rings. The number of methoxy groups -OCH3 is 1. The van der Waals surface area contributed by atoms with E-state index in [1.807, 2.05) is 0 Å². The van der Waals surface area contributed by atoms with Crippen molar-refractivity contribution in [3.63, 3.8) is 0 Å². The number of nitrogens with zero attached hydrogens (tertiary/aromatic N) is 1. The normalized spacial score (nSPS) is 10.9. The van der Waals surface area contributed by atoms with Gasteiger partial charge in [0.05, 0.1) is 18.4 Å². The highest BCUT2D eigenvalue weighted by Gasteiger charge is 2.37. The molecule has 0 fully saturated rings. The minimum absolute atomic E-state index is 0.196. The zero-order chi connectivity index (χ0) is 18.6. The van der Waals surface area contributed by atoms with Gasteiger partial charge in [-0.1, -0.05) is 17.3 Å². The summed E-state index contributed by atoms with van der Waals surface area (Å²) in [4.78, 5) is 36.7. The predicted octanol–water partition coefficient (Wildman–Crippen LogP) is 2.37. The van der Waals surface area contributed by atoms with Gasteiger partial charge in [-0.05, 0) is 32.9 Å². The van der Waals surface area contributed by atoms with Gasteiger partial charge in [0.2, 0.25) is 11.8 Å². The Kier molecular flexibility index (Phi) is 5.21. The minimum Gasteiger partial charge on any atom is -0.465 e. The van der Waals surface area contributed by atoms with Crippen molar-refractivity contribution in [3.8, 4) is 0 Å². The first-order chi connectivity index (χ1) is 11.8. The largest absolute Gasteiger partial charge is 0.465 e. The van der Waals surface area contributed by atoms with E-state index in [0.29, 0.717) is 5.76 Å². The maximum absolute atomic E-state index is 12.6. The molecule has 2 N–H and O–H groups in total. The monoisotopic (exact) mass is 345 g/mol. The first-order valence-electron chi connectivity index (χ1n) is 7.49. The Morgan fingerprint density at radius 3 is 2.36 bits per heavy atom. The number of anilines is 2. The van der Waals surface area contributed by atoms with Crippen molar-refractivity contribution in [1.29, 1.82) is 0 Å². The van der Waals surface area contributed by atoms with Gasteiger partial charge in [0.1, 0.15) is 11.2 Å². The highest BCUT2D eigenvalue weighted by molar-refractivity contribution is 6.14. The fourth-order valence-corrected chi connectivity index (χ4v) is 1.96. The van der Waals surface area contributed by atoms with E-state index in [1.54, 1.807) is 31.2 Å². The van der Waals surface area contributed by atoms with Crippen LogP contribution >= 0.6 is 0 Å². The number of amides is 2. The molecule has 8 heteroatoms. The quantitative estimate of drug-likeness (QED) is 0.636. The van der Waals surface area contributed by atoms with Crippen LogP contribution in [0, 0.1) is 12.3 Å². The van der Waals surface area contributed by atoms with Gasteiger partial charge in [-0.3, -0.25) is 9.59 Å². The Hall–Kier alpha value is -3.16. The molecule has 0 spiro atoms. The second-order valence-corrected chi connectivity index (χ2v) is 5.89. The van der Waals surface area contributed by atoms with Crippen molar-refractivity contribution in [2.45, 2.75) is 20.8 Å². The van der Waals surface area contributed by atoms with Crippen LogP contribution in [0.15, 0.2) is 34.9 Å². The molecular formula is C17H19N3O5. The maximum atomic E-state index is 12.6. The van der Waals surface area contributed by atoms with Crippen LogP contribution in [0.3, 0.4) is 0 Å². The maximum Gasteiger partial charge on any atom is 0.339 e. The molecule has 0 saturated heterocycles. The van der Waals surface area contributed by atoms with Crippen LogP contribution in [0.25, 0.3) is 0 Å². The Bertz CT molecular complexity index is 810. The lowest BCUT2D eigenvalue weighted by molar-refractivity contribution is -0.135. The molecule has 2 rings (SSSR count). The third-order valence-electron chi connectivity index (χ3n) is 3.59. The lowest BCUT2D eigenvalue weighted by Gasteiger charge is -2.22. The Morgan fingerprint density at radius 1 is 1.12 bits per heavy atom. The molecule has 0 aliphatic heterocycles. The number of ether oxygens (including phenoxy) is 1. The summed E-state index contributed by atoms with van der Waals surface area (Å²) in [5.41, 5.74) is -0.963. The summed E-state index contributed by atoms with van der Waals surface area (Å²) < 4.78 is 9.56. The summed E-state index contributed by atoms with van der Waals surface area (Å²) in [6, 6.07) is 7.92. The van der Waals surface area contributed by atoms with Gasteiger partial charge < -0.3 is 19.9 Å². The number of carbonyl (C=O) groups excluding carboxylic acids is 3. The number of hydrogen-bond donors (Lipinski definition) is 2. The number of hydrogen-bond acceptors (Lipinski definition) is 6. The number of esters is 1. The van der Waals surface area contributed by atoms with E-state index in [0.717, 1.165) is 0 Å². The van der Waals surface area contributed by atoms with E-state index in [4.69, 9.17) is 4.52 Å². The zero-order valence-corrected chi connectivity index (χ0v) is 14.4. The van der Waals surface area contributed by atoms with Crippen molar-refractivity contribution in [1.82, 2.24) is 5.16 Å². The number of rotatable bonds is 5. The van der Waals surface area contributed by atoms with Crippen LogP contribution in [0.4, 0.5) is 11.5 Å². The average Bonchev–Trinajstić information content (AvgIpc) is 2.99. The number of para-hydroxylation sites is 1. The zero-order valence-electron chi connectivity index (χ0n) is 14.4. The van der Waals surface area contributed by atoms with Gasteiger partial charge in [0.25, 0.3) is 0 Å². The van der Waals surface area contributed by atoms with Crippen molar-refractivity contribution in [3.05, 3.63) is 41.7 Å². The highest BCUT2D eigenvalue weighted by atomic mass is 16.5. The fraction of sp³-hybridized carbons (Fsp3) is 0.294. The molecule has 25 heavy (non-hydrogen) atoms. The number of aryl methyl sites for hydroxylation is 1. The first kappa shape index (κ1) is 18.2. The molecule has 8 nitrogen and oxygen atoms in total. The highest BCUT2D eigenvalue weighted by Crippen LogP contribution is 2.23. The average molecular weight is 345 g/mol. The molecule has 0 bridgehead atoms. The lowest BCUT2D eigenvalue weighted by atomic mass is 9.90. The molecule has 0 aliphatic carbocycles. The molecule has 0 aliphatic rings. The van der Waals surface area contributed by atoms with Crippen molar-refractivity contribution >= 4 is 29.3 Å². The first-order valence-corrected chi connectivity index (χ1v) is 7.49. The van der Waals surface area contributed by atoms with Crippen LogP contribution in [-0.4, -0.2) is 30.1 Å². The number of aromatic nitrogens is 1. The van der Waals surface area contributed by atoms with Crippen LogP contribution in [-0.2, 0) is 14.3 Å². The van der Waals surface area contributed by atoms with Gasteiger partial charge in [0.15, 0.2) is 5.82 Å². The molecule has 0 atom stereocenters. The summed E-state index contributed by atoms with van der Waals surface area (Å²) in [6.45, 7) is 4.61. The van der Waals surface area contributed by atoms with E-state index in [2.05, 4.69) is 20.5 Å². The molecule has 0 unspecified atom stereocenters. The van der Waals surface area contributed by atoms with E-state index in [1.165, 1.54) is 27.0 Å². The molecule has 2 amide bonds. The van der Waals surface area contributed by atoms with Gasteiger partial charge in [-0.25, -0.2) is 4.79 Å². The summed E-state index contributed by atoms with van der Waals surface area (Å²) >= 11 is 0. The fourth-order valence-electron chi connectivity index (χ4n) is 1.96. The summed E-state index contributed by atoms with van der Waals surface area (Å²) in [7, 11) is 1.25. The van der Waals surface area contributed by atoms with Gasteiger partial charge in [0, 0.05) is 6.07 Å². The van der Waals surface area contributed by atoms with Crippen LogP contribution in [0.5, 0.6) is 0 Å². The van der Waals surface area contributed by atoms with Gasteiger partial charge in [-0.2, -0.15) is 0 Å². The predicted molar refractivity (Wildman–Crippen MR) is 90.1 cm³/mol. The topological polar surface area (TPSA) is 111 Å². The third kappa shape index (κ3) is 4.03. The molecule has 132 valence electrons. The Balaban J connectivity index is 2.16. The smallest absolute Gasteiger partial charge is 0.339 e. The van der Waals surface area contributed by atoms with E-state index in [9.17, 15) is 14.4 Å². The molecule has 1 aromatic carbocycles. The second kappa shape index (κ2) is 7.16. The molecule has 0 radical (unpaired) electrons. The second-order valence-electron chi connectivity index (χ2n) is 5.89. The molecule has 0 saturated carbocycles. The van der Waals surface area contributed by atoms with Crippen molar-refractivity contribution in [2.75, 3.05) is 17.7 Å². The van der Waals surface area contributed by atoms with Gasteiger partial charge >= 0.3 is 5.97 Å². The van der Waals surface area contributed by atoms with Gasteiger partial charge in [-0.15, -0.1) is 0 Å². The molecule has 1 aromatic heterocycles. The molecular weight excluding hydrogens is 326 g/mol. The summed E-state index contributed by atoms with van der Waals surface area (Å²) in [5, 5.41) is 8.78. The Labute approximate surface area is 144 Å². The number of benzene rings is 1. The van der Waals surface area contributed by atoms with E-state index >= 15 is 0 Å². The van der Waals surface area contributed by atoms with Crippen LogP contribution in [0.2, 0.25) is 0 Å². The lowest BCUT2D eigenvalue weighted by Crippen LogP contribution is -2.41. The van der Waals surface area contributed by atoms with E-state index in [-0.39, 0.29) is 17.1 Å². The van der Waals surface area contributed by atoms with Crippen LogP contribution < -0.4 is 10.6 Å². The van der Waals surface area contributed by atoms with E-state index < -0.39 is 23.2 Å². The van der Waals surface area contributed by atoms with Crippen molar-refractivity contribution in [2.24, 2.45) is 5.41 Å². The number of nitrogens with one attached hydrogen (secondary N) is 2. The third-order valence-corrected chi connectivity index (χ3v) is 3.59.